The van der Waals surface area contributed by atoms with Crippen LogP contribution in [0.25, 0.3) is 11.0 Å². The fourth-order valence-corrected chi connectivity index (χ4v) is 3.76. The van der Waals surface area contributed by atoms with Crippen LogP contribution in [0.15, 0.2) is 24.7 Å². The maximum atomic E-state index is 11.5. The molecule has 27 heavy (non-hydrogen) atoms. The van der Waals surface area contributed by atoms with Gasteiger partial charge in [-0.25, -0.2) is 9.67 Å². The number of nitrogens with zero attached hydrogens (tertiary/aromatic N) is 5. The van der Waals surface area contributed by atoms with Crippen LogP contribution >= 0.6 is 0 Å². The van der Waals surface area contributed by atoms with Crippen molar-refractivity contribution in [2.75, 3.05) is 6.54 Å². The van der Waals surface area contributed by atoms with E-state index in [0.717, 1.165) is 54.8 Å². The van der Waals surface area contributed by atoms with E-state index in [-0.39, 0.29) is 0 Å². The van der Waals surface area contributed by atoms with E-state index in [0.29, 0.717) is 17.5 Å². The molecule has 142 valence electrons. The number of aryl methyl sites for hydroxylation is 1. The normalized spacial score (nSPS) is 16.8. The Bertz CT molecular complexity index is 972. The molecule has 0 bridgehead atoms. The fourth-order valence-electron chi connectivity index (χ4n) is 3.76. The Hall–Kier alpha value is -2.74. The van der Waals surface area contributed by atoms with Crippen molar-refractivity contribution in [2.45, 2.75) is 45.8 Å². The van der Waals surface area contributed by atoms with Crippen molar-refractivity contribution in [1.82, 2.24) is 29.9 Å². The molecular weight excluding hydrogens is 342 g/mol. The maximum absolute atomic E-state index is 11.5. The number of fused-ring (bicyclic) bond motifs is 2. The second kappa shape index (κ2) is 7.11. The van der Waals surface area contributed by atoms with Crippen molar-refractivity contribution < 1.29 is 4.79 Å². The lowest BCUT2D eigenvalue weighted by molar-refractivity contribution is 0.0998. The molecule has 1 aliphatic heterocycles. The molecule has 0 saturated heterocycles. The molecule has 8 nitrogen and oxygen atoms in total. The molecule has 0 saturated carbocycles. The Morgan fingerprint density at radius 2 is 2.19 bits per heavy atom. The highest BCUT2D eigenvalue weighted by atomic mass is 16.1. The molecule has 1 amide bonds. The molecule has 8 heteroatoms. The lowest BCUT2D eigenvalue weighted by Crippen LogP contribution is -2.30. The van der Waals surface area contributed by atoms with Crippen molar-refractivity contribution in [1.29, 1.82) is 0 Å². The lowest BCUT2D eigenvalue weighted by Gasteiger charge is -2.24. The molecule has 0 spiro atoms. The lowest BCUT2D eigenvalue weighted by atomic mass is 9.94. The number of pyridine rings is 1. The summed E-state index contributed by atoms with van der Waals surface area (Å²) in [6.07, 6.45) is 7.24. The Morgan fingerprint density at radius 3 is 2.96 bits per heavy atom. The Morgan fingerprint density at radius 1 is 1.33 bits per heavy atom. The minimum absolute atomic E-state index is 0.295. The highest BCUT2D eigenvalue weighted by Crippen LogP contribution is 2.22. The summed E-state index contributed by atoms with van der Waals surface area (Å²) in [5.41, 5.74) is 9.03. The number of hydrogen-bond acceptors (Lipinski definition) is 5. The zero-order valence-corrected chi connectivity index (χ0v) is 15.7. The van der Waals surface area contributed by atoms with Gasteiger partial charge in [0.25, 0.3) is 5.91 Å². The van der Waals surface area contributed by atoms with Gasteiger partial charge in [-0.05, 0) is 50.8 Å². The van der Waals surface area contributed by atoms with E-state index in [9.17, 15) is 4.79 Å². The molecule has 4 rings (SSSR count). The summed E-state index contributed by atoms with van der Waals surface area (Å²) in [4.78, 5) is 16.1. The van der Waals surface area contributed by atoms with E-state index in [1.165, 1.54) is 0 Å². The van der Waals surface area contributed by atoms with Crippen LogP contribution in [0.1, 0.15) is 47.9 Å². The summed E-state index contributed by atoms with van der Waals surface area (Å²) >= 11 is 0. The predicted octanol–water partition coefficient (Wildman–Crippen LogP) is 1.66. The van der Waals surface area contributed by atoms with Crippen LogP contribution in [0.3, 0.4) is 0 Å². The number of amides is 1. The summed E-state index contributed by atoms with van der Waals surface area (Å²) in [7, 11) is 0. The maximum Gasteiger partial charge on any atom is 0.252 e. The third kappa shape index (κ3) is 3.44. The molecule has 0 aromatic carbocycles. The average Bonchev–Trinajstić information content (AvgIpc) is 3.25. The average molecular weight is 367 g/mol. The first-order valence-corrected chi connectivity index (χ1v) is 9.40. The van der Waals surface area contributed by atoms with E-state index in [1.807, 2.05) is 21.8 Å². The molecule has 3 aromatic rings. The monoisotopic (exact) mass is 367 g/mol. The standard InChI is InChI=1S/C19H25N7O/c1-12(2)26-19-15(10-24-26)5-14(9-22-19)8-21-7-13-3-4-25-17(6-13)16(11-23-25)18(20)27/h5,9-13,21H,3-4,6-8H2,1-2H3,(H2,20,27). The van der Waals surface area contributed by atoms with Crippen LogP contribution in [-0.2, 0) is 19.5 Å². The molecule has 1 aliphatic rings. The minimum atomic E-state index is -0.397. The summed E-state index contributed by atoms with van der Waals surface area (Å²) in [6, 6.07) is 2.44. The molecule has 0 fully saturated rings. The van der Waals surface area contributed by atoms with Gasteiger partial charge in [-0.15, -0.1) is 0 Å². The molecule has 1 unspecified atom stereocenters. The summed E-state index contributed by atoms with van der Waals surface area (Å²) < 4.78 is 3.84. The van der Waals surface area contributed by atoms with Gasteiger partial charge in [0, 0.05) is 30.7 Å². The van der Waals surface area contributed by atoms with Crippen LogP contribution in [0.2, 0.25) is 0 Å². The predicted molar refractivity (Wildman–Crippen MR) is 102 cm³/mol. The van der Waals surface area contributed by atoms with Gasteiger partial charge < -0.3 is 11.1 Å². The minimum Gasteiger partial charge on any atom is -0.365 e. The van der Waals surface area contributed by atoms with Gasteiger partial charge in [0.2, 0.25) is 0 Å². The number of nitrogens with one attached hydrogen (secondary N) is 1. The van der Waals surface area contributed by atoms with Gasteiger partial charge in [-0.1, -0.05) is 0 Å². The Kier molecular flexibility index (Phi) is 4.65. The number of nitrogens with two attached hydrogens (primary N) is 1. The van der Waals surface area contributed by atoms with Crippen LogP contribution in [0.5, 0.6) is 0 Å². The van der Waals surface area contributed by atoms with Crippen molar-refractivity contribution >= 4 is 16.9 Å². The van der Waals surface area contributed by atoms with E-state index in [1.54, 1.807) is 6.20 Å². The quantitative estimate of drug-likeness (QED) is 0.690. The number of hydrogen-bond donors (Lipinski definition) is 2. The van der Waals surface area contributed by atoms with Crippen molar-refractivity contribution in [3.8, 4) is 0 Å². The molecular formula is C19H25N7O. The van der Waals surface area contributed by atoms with Gasteiger partial charge in [-0.2, -0.15) is 10.2 Å². The van der Waals surface area contributed by atoms with Gasteiger partial charge >= 0.3 is 0 Å². The second-order valence-electron chi connectivity index (χ2n) is 7.52. The van der Waals surface area contributed by atoms with Crippen LogP contribution in [-0.4, -0.2) is 37.0 Å². The van der Waals surface area contributed by atoms with E-state index >= 15 is 0 Å². The molecule has 3 N–H and O–H groups in total. The summed E-state index contributed by atoms with van der Waals surface area (Å²) in [5, 5.41) is 13.3. The molecule has 1 atom stereocenters. The first-order chi connectivity index (χ1) is 13.0. The third-order valence-electron chi connectivity index (χ3n) is 5.19. The van der Waals surface area contributed by atoms with Crippen molar-refractivity contribution in [3.63, 3.8) is 0 Å². The fraction of sp³-hybridized carbons (Fsp3) is 0.474. The van der Waals surface area contributed by atoms with Crippen LogP contribution < -0.4 is 11.1 Å². The largest absolute Gasteiger partial charge is 0.365 e. The highest BCUT2D eigenvalue weighted by molar-refractivity contribution is 5.93. The van der Waals surface area contributed by atoms with E-state index in [2.05, 4.69) is 40.4 Å². The van der Waals surface area contributed by atoms with E-state index in [4.69, 9.17) is 5.73 Å². The topological polar surface area (TPSA) is 104 Å². The zero-order chi connectivity index (χ0) is 19.0. The Balaban J connectivity index is 1.37. The number of rotatable bonds is 6. The third-order valence-corrected chi connectivity index (χ3v) is 5.19. The van der Waals surface area contributed by atoms with Gasteiger partial charge in [0.05, 0.1) is 23.7 Å². The van der Waals surface area contributed by atoms with Crippen molar-refractivity contribution in [2.24, 2.45) is 11.7 Å². The highest BCUT2D eigenvalue weighted by Gasteiger charge is 2.24. The smallest absolute Gasteiger partial charge is 0.252 e. The number of aromatic nitrogens is 5. The van der Waals surface area contributed by atoms with E-state index < -0.39 is 5.91 Å². The number of carbonyl (C=O) groups is 1. The Labute approximate surface area is 157 Å². The van der Waals surface area contributed by atoms with Gasteiger partial charge in [0.15, 0.2) is 5.65 Å². The molecule has 0 radical (unpaired) electrons. The first-order valence-electron chi connectivity index (χ1n) is 9.40. The van der Waals surface area contributed by atoms with Crippen molar-refractivity contribution in [3.05, 3.63) is 41.5 Å². The summed E-state index contributed by atoms with van der Waals surface area (Å²) in [6.45, 7) is 6.67. The van der Waals surface area contributed by atoms with Crippen LogP contribution in [0.4, 0.5) is 0 Å². The molecule has 0 aliphatic carbocycles. The first kappa shape index (κ1) is 17.7. The SMILES string of the molecule is CC(C)n1ncc2cc(CNCC3CCn4ncc(C(N)=O)c4C3)cnc21. The number of primary amides is 1. The van der Waals surface area contributed by atoms with Gasteiger partial charge in [0.1, 0.15) is 0 Å². The summed E-state index contributed by atoms with van der Waals surface area (Å²) in [5.74, 6) is 0.0684. The van der Waals surface area contributed by atoms with Gasteiger partial charge in [-0.3, -0.25) is 9.48 Å². The second-order valence-corrected chi connectivity index (χ2v) is 7.52. The molecule has 4 heterocycles. The zero-order valence-electron chi connectivity index (χ0n) is 15.7. The number of carbonyl (C=O) groups excluding carboxylic acids is 1. The molecule has 3 aromatic heterocycles. The van der Waals surface area contributed by atoms with Crippen LogP contribution in [0, 0.1) is 5.92 Å².